The van der Waals surface area contributed by atoms with Crippen LogP contribution in [0, 0.1) is 17.1 Å². The Labute approximate surface area is 95.5 Å². The van der Waals surface area contributed by atoms with Crippen LogP contribution in [0.15, 0.2) is 18.2 Å². The van der Waals surface area contributed by atoms with Crippen LogP contribution in [0.5, 0.6) is 0 Å². The summed E-state index contributed by atoms with van der Waals surface area (Å²) < 4.78 is 13.0. The van der Waals surface area contributed by atoms with Crippen LogP contribution < -0.4 is 5.32 Å². The third-order valence-corrected chi connectivity index (χ3v) is 2.20. The molecule has 0 aliphatic carbocycles. The van der Waals surface area contributed by atoms with E-state index in [0.29, 0.717) is 0 Å². The quantitative estimate of drug-likeness (QED) is 0.773. The molecule has 3 nitrogen and oxygen atoms in total. The zero-order chi connectivity index (χ0) is 12.0. The first-order valence-corrected chi connectivity index (χ1v) is 5.21. The van der Waals surface area contributed by atoms with Gasteiger partial charge in [-0.15, -0.1) is 0 Å². The lowest BCUT2D eigenvalue weighted by Crippen LogP contribution is -2.16. The number of nitriles is 1. The molecule has 0 heterocycles. The first kappa shape index (κ1) is 12.5. The minimum absolute atomic E-state index is 0.0811. The van der Waals surface area contributed by atoms with Crippen molar-refractivity contribution in [3.8, 4) is 6.07 Å². The van der Waals surface area contributed by atoms with Crippen molar-refractivity contribution in [2.45, 2.75) is 6.42 Å². The Bertz CT molecular complexity index is 382. The third kappa shape index (κ3) is 3.87. The Hall–Kier alpha value is -1.60. The van der Waals surface area contributed by atoms with Gasteiger partial charge in [0.2, 0.25) is 0 Å². The van der Waals surface area contributed by atoms with E-state index in [4.69, 9.17) is 5.26 Å². The van der Waals surface area contributed by atoms with Crippen molar-refractivity contribution >= 4 is 5.69 Å². The summed E-state index contributed by atoms with van der Waals surface area (Å²) in [5, 5.41) is 11.8. The molecular formula is C12H16FN3. The van der Waals surface area contributed by atoms with Crippen LogP contribution in [0.1, 0.15) is 12.0 Å². The van der Waals surface area contributed by atoms with E-state index in [2.05, 4.69) is 10.2 Å². The van der Waals surface area contributed by atoms with Gasteiger partial charge in [0.05, 0.1) is 5.56 Å². The van der Waals surface area contributed by atoms with Crippen LogP contribution in [0.2, 0.25) is 0 Å². The van der Waals surface area contributed by atoms with Crippen molar-refractivity contribution in [1.82, 2.24) is 4.90 Å². The number of nitrogens with one attached hydrogen (secondary N) is 1. The van der Waals surface area contributed by atoms with Gasteiger partial charge in [-0.2, -0.15) is 5.26 Å². The number of rotatable bonds is 5. The fourth-order valence-electron chi connectivity index (χ4n) is 1.35. The summed E-state index contributed by atoms with van der Waals surface area (Å²) in [5.74, 6) is -0.471. The molecule has 0 aliphatic rings. The molecule has 0 unspecified atom stereocenters. The van der Waals surface area contributed by atoms with Crippen LogP contribution in [-0.2, 0) is 0 Å². The molecule has 0 bridgehead atoms. The van der Waals surface area contributed by atoms with Gasteiger partial charge in [-0.3, -0.25) is 0 Å². The lowest BCUT2D eigenvalue weighted by Gasteiger charge is -2.10. The largest absolute Gasteiger partial charge is 0.385 e. The average Bonchev–Trinajstić information content (AvgIpc) is 2.26. The van der Waals surface area contributed by atoms with E-state index in [-0.39, 0.29) is 5.56 Å². The Morgan fingerprint density at radius 1 is 1.44 bits per heavy atom. The Morgan fingerprint density at radius 2 is 2.19 bits per heavy atom. The van der Waals surface area contributed by atoms with E-state index in [1.807, 2.05) is 20.2 Å². The molecule has 4 heteroatoms. The lowest BCUT2D eigenvalue weighted by molar-refractivity contribution is 0.405. The minimum atomic E-state index is -0.471. The van der Waals surface area contributed by atoms with Crippen molar-refractivity contribution in [2.24, 2.45) is 0 Å². The van der Waals surface area contributed by atoms with Crippen LogP contribution >= 0.6 is 0 Å². The highest BCUT2D eigenvalue weighted by Gasteiger charge is 2.01. The summed E-state index contributed by atoms with van der Waals surface area (Å²) in [5.41, 5.74) is 0.870. The predicted octanol–water partition coefficient (Wildman–Crippen LogP) is 2.06. The normalized spacial score (nSPS) is 10.2. The van der Waals surface area contributed by atoms with Crippen molar-refractivity contribution in [3.05, 3.63) is 29.6 Å². The molecule has 0 fully saturated rings. The topological polar surface area (TPSA) is 39.1 Å². The molecule has 0 saturated heterocycles. The van der Waals surface area contributed by atoms with Gasteiger partial charge in [0.1, 0.15) is 11.9 Å². The maximum atomic E-state index is 13.0. The van der Waals surface area contributed by atoms with Gasteiger partial charge in [0.25, 0.3) is 0 Å². The highest BCUT2D eigenvalue weighted by molar-refractivity contribution is 5.49. The molecule has 1 aromatic rings. The van der Waals surface area contributed by atoms with Crippen LogP contribution in [0.25, 0.3) is 0 Å². The number of nitrogens with zero attached hydrogens (tertiary/aromatic N) is 2. The first-order chi connectivity index (χ1) is 7.63. The minimum Gasteiger partial charge on any atom is -0.385 e. The van der Waals surface area contributed by atoms with Crippen LogP contribution in [0.3, 0.4) is 0 Å². The van der Waals surface area contributed by atoms with Gasteiger partial charge in [-0.25, -0.2) is 4.39 Å². The molecule has 1 aromatic carbocycles. The van der Waals surface area contributed by atoms with E-state index in [9.17, 15) is 4.39 Å². The van der Waals surface area contributed by atoms with E-state index < -0.39 is 5.82 Å². The Morgan fingerprint density at radius 3 is 2.81 bits per heavy atom. The smallest absolute Gasteiger partial charge is 0.141 e. The summed E-state index contributed by atoms with van der Waals surface area (Å²) >= 11 is 0. The fraction of sp³-hybridized carbons (Fsp3) is 0.417. The highest BCUT2D eigenvalue weighted by Crippen LogP contribution is 2.13. The van der Waals surface area contributed by atoms with Gasteiger partial charge >= 0.3 is 0 Å². The summed E-state index contributed by atoms with van der Waals surface area (Å²) in [4.78, 5) is 2.10. The zero-order valence-corrected chi connectivity index (χ0v) is 9.63. The van der Waals surface area contributed by atoms with E-state index >= 15 is 0 Å². The number of halogens is 1. The molecule has 0 aliphatic heterocycles. The molecule has 86 valence electrons. The molecule has 1 rings (SSSR count). The van der Waals surface area contributed by atoms with Crippen LogP contribution in [0.4, 0.5) is 10.1 Å². The van der Waals surface area contributed by atoms with Gasteiger partial charge in [0.15, 0.2) is 0 Å². The summed E-state index contributed by atoms with van der Waals surface area (Å²) in [6.07, 6.45) is 1.01. The molecule has 0 aromatic heterocycles. The van der Waals surface area contributed by atoms with Crippen molar-refractivity contribution in [3.63, 3.8) is 0 Å². The maximum absolute atomic E-state index is 13.0. The molecule has 0 spiro atoms. The number of benzene rings is 1. The molecule has 0 amide bonds. The van der Waals surface area contributed by atoms with Crippen molar-refractivity contribution in [1.29, 1.82) is 5.26 Å². The maximum Gasteiger partial charge on any atom is 0.141 e. The van der Waals surface area contributed by atoms with E-state index in [0.717, 1.165) is 25.2 Å². The standard InChI is InChI=1S/C12H16FN3/c1-16(2)7-3-6-15-11-4-5-12(13)10(8-11)9-14/h4-5,8,15H,3,6-7H2,1-2H3. The third-order valence-electron chi connectivity index (χ3n) is 2.20. The molecule has 0 radical (unpaired) electrons. The summed E-state index contributed by atoms with van der Waals surface area (Å²) in [6.45, 7) is 1.81. The second-order valence-electron chi connectivity index (χ2n) is 3.89. The fourth-order valence-corrected chi connectivity index (χ4v) is 1.35. The SMILES string of the molecule is CN(C)CCCNc1ccc(F)c(C#N)c1. The second-order valence-corrected chi connectivity index (χ2v) is 3.89. The molecule has 0 atom stereocenters. The Kier molecular flexibility index (Phi) is 4.74. The molecule has 1 N–H and O–H groups in total. The van der Waals surface area contributed by atoms with Crippen molar-refractivity contribution < 1.29 is 4.39 Å². The second kappa shape index (κ2) is 6.09. The first-order valence-electron chi connectivity index (χ1n) is 5.21. The van der Waals surface area contributed by atoms with E-state index in [1.54, 1.807) is 6.07 Å². The molecule has 16 heavy (non-hydrogen) atoms. The summed E-state index contributed by atoms with van der Waals surface area (Å²) in [7, 11) is 4.04. The predicted molar refractivity (Wildman–Crippen MR) is 62.8 cm³/mol. The zero-order valence-electron chi connectivity index (χ0n) is 9.63. The van der Waals surface area contributed by atoms with Gasteiger partial charge in [-0.05, 0) is 45.3 Å². The Balaban J connectivity index is 2.46. The van der Waals surface area contributed by atoms with Gasteiger partial charge in [-0.1, -0.05) is 0 Å². The van der Waals surface area contributed by atoms with Gasteiger partial charge in [0, 0.05) is 12.2 Å². The van der Waals surface area contributed by atoms with Crippen LogP contribution in [-0.4, -0.2) is 32.1 Å². The van der Waals surface area contributed by atoms with Crippen molar-refractivity contribution in [2.75, 3.05) is 32.5 Å². The van der Waals surface area contributed by atoms with E-state index in [1.165, 1.54) is 12.1 Å². The highest BCUT2D eigenvalue weighted by atomic mass is 19.1. The average molecular weight is 221 g/mol. The number of hydrogen-bond acceptors (Lipinski definition) is 3. The van der Waals surface area contributed by atoms with Gasteiger partial charge < -0.3 is 10.2 Å². The monoisotopic (exact) mass is 221 g/mol. The lowest BCUT2D eigenvalue weighted by atomic mass is 10.2. The summed E-state index contributed by atoms with van der Waals surface area (Å²) in [6, 6.07) is 6.31. The number of anilines is 1. The molecule has 0 saturated carbocycles. The molecular weight excluding hydrogens is 205 g/mol. The number of hydrogen-bond donors (Lipinski definition) is 1.